The van der Waals surface area contributed by atoms with Gasteiger partial charge in [0.15, 0.2) is 0 Å². The van der Waals surface area contributed by atoms with Gasteiger partial charge in [0.05, 0.1) is 20.3 Å². The molecule has 10 nitrogen and oxygen atoms in total. The second kappa shape index (κ2) is 30.0. The maximum absolute atomic E-state index is 12.6. The maximum Gasteiger partial charge on any atom is 0.330 e. The van der Waals surface area contributed by atoms with Crippen LogP contribution in [0.5, 0.6) is 0 Å². The molecule has 4 N–H and O–H groups in total. The second-order valence-corrected chi connectivity index (χ2v) is 9.79. The van der Waals surface area contributed by atoms with Gasteiger partial charge in [-0.05, 0) is 57.8 Å². The summed E-state index contributed by atoms with van der Waals surface area (Å²) in [4.78, 5) is 47.8. The van der Waals surface area contributed by atoms with Crippen molar-refractivity contribution in [2.45, 2.75) is 83.3 Å². The molecule has 0 rings (SSSR count). The van der Waals surface area contributed by atoms with Gasteiger partial charge < -0.3 is 30.3 Å². The summed E-state index contributed by atoms with van der Waals surface area (Å²) in [7, 11) is 1.19. The molecule has 2 amide bonds. The summed E-state index contributed by atoms with van der Waals surface area (Å²) >= 11 is 0. The summed E-state index contributed by atoms with van der Waals surface area (Å²) < 4.78 is 9.49. The minimum absolute atomic E-state index is 0.148. The predicted molar refractivity (Wildman–Crippen MR) is 177 cm³/mol. The number of allylic oxidation sites excluding steroid dienone is 12. The van der Waals surface area contributed by atoms with Crippen LogP contribution in [0.4, 0.5) is 0 Å². The Hall–Kier alpha value is -4.02. The number of esters is 2. The number of hydrogen-bond donors (Lipinski definition) is 4. The average Bonchev–Trinajstić information content (AvgIpc) is 3.04. The van der Waals surface area contributed by atoms with Crippen LogP contribution in [0, 0.1) is 0 Å². The molecular formula is C35H52N2O8. The molecular weight excluding hydrogens is 576 g/mol. The number of rotatable bonds is 25. The number of carbonyl (C=O) groups excluding carboxylic acids is 4. The highest BCUT2D eigenvalue weighted by molar-refractivity contribution is 5.94. The van der Waals surface area contributed by atoms with E-state index in [0.29, 0.717) is 12.8 Å². The first kappa shape index (κ1) is 41.0. The smallest absolute Gasteiger partial charge is 0.330 e. The van der Waals surface area contributed by atoms with E-state index in [9.17, 15) is 29.4 Å². The van der Waals surface area contributed by atoms with Crippen molar-refractivity contribution in [2.24, 2.45) is 0 Å². The maximum atomic E-state index is 12.6. The van der Waals surface area contributed by atoms with Gasteiger partial charge in [0, 0.05) is 25.1 Å². The van der Waals surface area contributed by atoms with E-state index in [2.05, 4.69) is 83.1 Å². The number of aliphatic hydroxyl groups excluding tert-OH is 2. The number of carbonyl (C=O) groups is 4. The lowest BCUT2D eigenvalue weighted by Gasteiger charge is -2.20. The van der Waals surface area contributed by atoms with Gasteiger partial charge in [-0.25, -0.2) is 9.59 Å². The summed E-state index contributed by atoms with van der Waals surface area (Å²) in [5.41, 5.74) is 0. The van der Waals surface area contributed by atoms with Gasteiger partial charge in [0.1, 0.15) is 12.1 Å². The molecule has 0 aliphatic carbocycles. The van der Waals surface area contributed by atoms with Gasteiger partial charge in [0.25, 0.3) is 0 Å². The molecule has 0 aromatic heterocycles. The highest BCUT2D eigenvalue weighted by Gasteiger charge is 2.24. The zero-order valence-electron chi connectivity index (χ0n) is 26.8. The number of hydrogen-bond acceptors (Lipinski definition) is 8. The Balaban J connectivity index is 4.42. The van der Waals surface area contributed by atoms with Crippen molar-refractivity contribution in [3.05, 3.63) is 85.1 Å². The topological polar surface area (TPSA) is 151 Å². The fraction of sp³-hybridized carbons (Fsp3) is 0.486. The third-order valence-corrected chi connectivity index (χ3v) is 5.99. The second-order valence-electron chi connectivity index (χ2n) is 9.79. The van der Waals surface area contributed by atoms with Crippen LogP contribution >= 0.6 is 0 Å². The largest absolute Gasteiger partial charge is 0.466 e. The molecule has 0 heterocycles. The Morgan fingerprint density at radius 2 is 1.24 bits per heavy atom. The van der Waals surface area contributed by atoms with Crippen LogP contribution in [-0.2, 0) is 28.7 Å². The highest BCUT2D eigenvalue weighted by Crippen LogP contribution is 2.05. The van der Waals surface area contributed by atoms with Crippen LogP contribution < -0.4 is 10.6 Å². The first-order chi connectivity index (χ1) is 21.9. The Kier molecular flexibility index (Phi) is 27.3. The molecule has 1 atom stereocenters. The Labute approximate surface area is 268 Å². The number of ether oxygens (including phenoxy) is 2. The van der Waals surface area contributed by atoms with Gasteiger partial charge in [-0.15, -0.1) is 0 Å². The summed E-state index contributed by atoms with van der Waals surface area (Å²) in [6, 6.07) is -1.02. The lowest BCUT2D eigenvalue weighted by molar-refractivity contribution is -0.157. The molecule has 0 bridgehead atoms. The normalized spacial score (nSPS) is 13.0. The predicted octanol–water partition coefficient (Wildman–Crippen LogP) is 4.47. The van der Waals surface area contributed by atoms with Crippen molar-refractivity contribution >= 4 is 23.8 Å². The van der Waals surface area contributed by atoms with E-state index < -0.39 is 43.2 Å². The molecule has 0 aromatic carbocycles. The zero-order chi connectivity index (χ0) is 33.4. The van der Waals surface area contributed by atoms with Crippen molar-refractivity contribution in [3.63, 3.8) is 0 Å². The third kappa shape index (κ3) is 26.1. The summed E-state index contributed by atoms with van der Waals surface area (Å²) in [6.45, 7) is 1.18. The first-order valence-corrected chi connectivity index (χ1v) is 15.5. The van der Waals surface area contributed by atoms with Crippen LogP contribution in [0.1, 0.15) is 71.1 Å². The van der Waals surface area contributed by atoms with E-state index in [-0.39, 0.29) is 25.3 Å². The van der Waals surface area contributed by atoms with E-state index in [1.165, 1.54) is 7.11 Å². The van der Waals surface area contributed by atoms with E-state index in [0.717, 1.165) is 50.7 Å². The average molecular weight is 629 g/mol. The molecule has 0 radical (unpaired) electrons. The lowest BCUT2D eigenvalue weighted by Crippen LogP contribution is -2.44. The molecule has 10 heteroatoms. The minimum atomic E-state index is -1.10. The van der Waals surface area contributed by atoms with Crippen LogP contribution in [0.3, 0.4) is 0 Å². The van der Waals surface area contributed by atoms with Gasteiger partial charge in [-0.2, -0.15) is 0 Å². The Morgan fingerprint density at radius 1 is 0.733 bits per heavy atom. The molecule has 0 spiro atoms. The van der Waals surface area contributed by atoms with Crippen molar-refractivity contribution < 1.29 is 38.9 Å². The summed E-state index contributed by atoms with van der Waals surface area (Å²) in [5, 5.41) is 23.6. The third-order valence-electron chi connectivity index (χ3n) is 5.99. The molecule has 0 aromatic rings. The monoisotopic (exact) mass is 628 g/mol. The quantitative estimate of drug-likeness (QED) is 0.0501. The van der Waals surface area contributed by atoms with Crippen LogP contribution in [0.15, 0.2) is 85.1 Å². The Bertz CT molecular complexity index is 1040. The molecule has 0 fully saturated rings. The van der Waals surface area contributed by atoms with Crippen molar-refractivity contribution in [2.75, 3.05) is 26.9 Å². The molecule has 0 saturated heterocycles. The highest BCUT2D eigenvalue weighted by atomic mass is 16.6. The van der Waals surface area contributed by atoms with E-state index in [1.807, 2.05) is 12.2 Å². The van der Waals surface area contributed by atoms with Crippen LogP contribution in [0.2, 0.25) is 0 Å². The molecule has 0 aliphatic rings. The molecule has 45 heavy (non-hydrogen) atoms. The number of amides is 2. The summed E-state index contributed by atoms with van der Waals surface area (Å²) in [6.07, 6.45) is 32.8. The number of methoxy groups -OCH3 is 1. The lowest BCUT2D eigenvalue weighted by atomic mass is 10.1. The summed E-state index contributed by atoms with van der Waals surface area (Å²) in [5.74, 6) is -2.32. The standard InChI is InChI=1S/C35H52N2O8/c1-3-4-5-6-7-8-9-10-11-12-13-14-15-16-17-18-19-20-21-24-33(41)37-31(35(43)45-30(28-38)29-39)23-22-27-36-32(40)25-26-34(42)44-2/h4-5,7-8,10-11,13-14,16-17,19-20,25-26,30-31,38-39H,3,6,9,12,15,18,21-24,27-29H2,1-2H3,(H,36,40)(H,37,41). The van der Waals surface area contributed by atoms with Crippen molar-refractivity contribution in [1.82, 2.24) is 10.6 Å². The van der Waals surface area contributed by atoms with E-state index >= 15 is 0 Å². The fourth-order valence-electron chi connectivity index (χ4n) is 3.54. The van der Waals surface area contributed by atoms with Gasteiger partial charge in [0.2, 0.25) is 11.8 Å². The molecule has 0 aliphatic heterocycles. The fourth-order valence-corrected chi connectivity index (χ4v) is 3.54. The van der Waals surface area contributed by atoms with Crippen LogP contribution in [-0.4, -0.2) is 73.0 Å². The van der Waals surface area contributed by atoms with Crippen LogP contribution in [0.25, 0.3) is 0 Å². The SMILES string of the molecule is CCC=CCC=CCC=CCC=CCC=CCC=CCCC(=O)NC(CCCNC(=O)C=CC(=O)OC)C(=O)OC(CO)CO. The van der Waals surface area contributed by atoms with E-state index in [4.69, 9.17) is 4.74 Å². The van der Waals surface area contributed by atoms with Crippen molar-refractivity contribution in [1.29, 1.82) is 0 Å². The molecule has 1 unspecified atom stereocenters. The Morgan fingerprint density at radius 3 is 1.73 bits per heavy atom. The molecule has 250 valence electrons. The van der Waals surface area contributed by atoms with E-state index in [1.54, 1.807) is 0 Å². The van der Waals surface area contributed by atoms with Gasteiger partial charge in [-0.1, -0.05) is 79.8 Å². The first-order valence-electron chi connectivity index (χ1n) is 15.5. The minimum Gasteiger partial charge on any atom is -0.466 e. The van der Waals surface area contributed by atoms with Crippen molar-refractivity contribution in [3.8, 4) is 0 Å². The number of aliphatic hydroxyl groups is 2. The van der Waals surface area contributed by atoms with Gasteiger partial charge >= 0.3 is 11.9 Å². The zero-order valence-corrected chi connectivity index (χ0v) is 26.8. The van der Waals surface area contributed by atoms with Gasteiger partial charge in [-0.3, -0.25) is 9.59 Å². The number of nitrogens with one attached hydrogen (secondary N) is 2. The molecule has 0 saturated carbocycles.